The average molecular weight is 556 g/mol. The molecule has 3 aromatic heterocycles. The van der Waals surface area contributed by atoms with Gasteiger partial charge in [-0.05, 0) is 67.6 Å². The molecule has 0 unspecified atom stereocenters. The highest BCUT2D eigenvalue weighted by molar-refractivity contribution is 5.67. The molecule has 1 N–H and O–H groups in total. The molecule has 5 aromatic rings. The molecule has 9 heteroatoms. The second-order valence-electron chi connectivity index (χ2n) is 9.82. The zero-order chi connectivity index (χ0) is 29.3. The van der Waals surface area contributed by atoms with Crippen LogP contribution in [0.25, 0.3) is 28.3 Å². The summed E-state index contributed by atoms with van der Waals surface area (Å²) in [6.07, 6.45) is 3.11. The van der Waals surface area contributed by atoms with Gasteiger partial charge in [-0.15, -0.1) is 0 Å². The fraction of sp³-hybridized carbons (Fsp3) is 0.250. The molecule has 5 rings (SSSR count). The number of hydrogen-bond donors (Lipinski definition) is 1. The number of aromatic hydroxyl groups is 1. The number of para-hydroxylation sites is 1. The summed E-state index contributed by atoms with van der Waals surface area (Å²) in [4.78, 5) is 22.5. The molecule has 41 heavy (non-hydrogen) atoms. The predicted octanol–water partition coefficient (Wildman–Crippen LogP) is 6.19. The van der Waals surface area contributed by atoms with E-state index < -0.39 is 23.2 Å². The Morgan fingerprint density at radius 3 is 2.22 bits per heavy atom. The SMILES string of the molecule is CCc1cccc(CC)c1-n1c(-c2ccn(CC)n2)nc(O)c(Cc2ccc(-c3ccc(F)nc3C)c(F)c2)c1=O. The molecule has 0 fully saturated rings. The van der Waals surface area contributed by atoms with Crippen molar-refractivity contribution in [3.63, 3.8) is 0 Å². The van der Waals surface area contributed by atoms with Crippen molar-refractivity contribution in [2.24, 2.45) is 0 Å². The van der Waals surface area contributed by atoms with Crippen molar-refractivity contribution in [2.45, 2.75) is 53.5 Å². The Morgan fingerprint density at radius 2 is 1.61 bits per heavy atom. The van der Waals surface area contributed by atoms with E-state index >= 15 is 4.39 Å². The first-order valence-corrected chi connectivity index (χ1v) is 13.7. The number of benzene rings is 2. The van der Waals surface area contributed by atoms with E-state index in [2.05, 4.69) is 15.1 Å². The molecule has 0 spiro atoms. The second kappa shape index (κ2) is 11.4. The van der Waals surface area contributed by atoms with E-state index in [9.17, 15) is 14.3 Å². The van der Waals surface area contributed by atoms with Crippen molar-refractivity contribution < 1.29 is 13.9 Å². The van der Waals surface area contributed by atoms with Crippen LogP contribution in [0.15, 0.2) is 65.6 Å². The highest BCUT2D eigenvalue weighted by Crippen LogP contribution is 2.30. The van der Waals surface area contributed by atoms with Crippen LogP contribution in [0.4, 0.5) is 8.78 Å². The van der Waals surface area contributed by atoms with Gasteiger partial charge in [0, 0.05) is 36.0 Å². The fourth-order valence-electron chi connectivity index (χ4n) is 5.14. The number of nitrogens with zero attached hydrogens (tertiary/aromatic N) is 5. The summed E-state index contributed by atoms with van der Waals surface area (Å²) in [6.45, 7) is 8.24. The molecule has 0 aliphatic heterocycles. The smallest absolute Gasteiger partial charge is 0.265 e. The molecule has 210 valence electrons. The Bertz CT molecular complexity index is 1790. The van der Waals surface area contributed by atoms with Crippen molar-refractivity contribution in [3.8, 4) is 34.2 Å². The summed E-state index contributed by atoms with van der Waals surface area (Å²) < 4.78 is 32.0. The van der Waals surface area contributed by atoms with Crippen LogP contribution in [-0.2, 0) is 25.8 Å². The van der Waals surface area contributed by atoms with E-state index in [1.54, 1.807) is 36.0 Å². The lowest BCUT2D eigenvalue weighted by molar-refractivity contribution is 0.443. The summed E-state index contributed by atoms with van der Waals surface area (Å²) in [6, 6.07) is 14.9. The third-order valence-corrected chi connectivity index (χ3v) is 7.29. The van der Waals surface area contributed by atoms with Crippen molar-refractivity contribution in [3.05, 3.63) is 111 Å². The highest BCUT2D eigenvalue weighted by atomic mass is 19.1. The molecule has 0 radical (unpaired) electrons. The number of rotatable bonds is 8. The Labute approximate surface area is 236 Å². The van der Waals surface area contributed by atoms with Crippen LogP contribution in [0, 0.1) is 18.7 Å². The van der Waals surface area contributed by atoms with Gasteiger partial charge in [-0.1, -0.05) is 44.2 Å². The summed E-state index contributed by atoms with van der Waals surface area (Å²) in [5, 5.41) is 15.6. The molecule has 3 heterocycles. The monoisotopic (exact) mass is 555 g/mol. The lowest BCUT2D eigenvalue weighted by Gasteiger charge is -2.19. The first kappa shape index (κ1) is 27.9. The number of hydrogen-bond acceptors (Lipinski definition) is 5. The number of aromatic nitrogens is 5. The molecule has 0 saturated heterocycles. The molecular formula is C32H31F2N5O2. The molecular weight excluding hydrogens is 524 g/mol. The third kappa shape index (κ3) is 5.27. The van der Waals surface area contributed by atoms with Gasteiger partial charge in [-0.2, -0.15) is 14.5 Å². The van der Waals surface area contributed by atoms with E-state index in [0.29, 0.717) is 41.9 Å². The van der Waals surface area contributed by atoms with Gasteiger partial charge in [0.25, 0.3) is 5.56 Å². The minimum absolute atomic E-state index is 0.0448. The van der Waals surface area contributed by atoms with Crippen LogP contribution in [0.5, 0.6) is 5.88 Å². The van der Waals surface area contributed by atoms with Gasteiger partial charge in [0.1, 0.15) is 11.5 Å². The maximum Gasteiger partial charge on any atom is 0.265 e. The largest absolute Gasteiger partial charge is 0.493 e. The average Bonchev–Trinajstić information content (AvgIpc) is 3.44. The van der Waals surface area contributed by atoms with Crippen LogP contribution < -0.4 is 5.56 Å². The normalized spacial score (nSPS) is 11.3. The summed E-state index contributed by atoms with van der Waals surface area (Å²) in [5.41, 5.74) is 4.27. The third-order valence-electron chi connectivity index (χ3n) is 7.29. The van der Waals surface area contributed by atoms with E-state index in [-0.39, 0.29) is 23.4 Å². The molecule has 0 atom stereocenters. The van der Waals surface area contributed by atoms with E-state index in [0.717, 1.165) is 16.8 Å². The van der Waals surface area contributed by atoms with Gasteiger partial charge in [0.15, 0.2) is 5.82 Å². The van der Waals surface area contributed by atoms with E-state index in [1.807, 2.05) is 39.0 Å². The minimum Gasteiger partial charge on any atom is -0.493 e. The van der Waals surface area contributed by atoms with Gasteiger partial charge in [-0.3, -0.25) is 14.0 Å². The van der Waals surface area contributed by atoms with Crippen molar-refractivity contribution in [2.75, 3.05) is 0 Å². The van der Waals surface area contributed by atoms with Gasteiger partial charge >= 0.3 is 0 Å². The molecule has 0 aliphatic rings. The van der Waals surface area contributed by atoms with Crippen LogP contribution in [0.1, 0.15) is 48.7 Å². The van der Waals surface area contributed by atoms with E-state index in [1.165, 1.54) is 22.8 Å². The molecule has 0 aliphatic carbocycles. The quantitative estimate of drug-likeness (QED) is 0.231. The van der Waals surface area contributed by atoms with Crippen LogP contribution in [-0.4, -0.2) is 29.4 Å². The molecule has 0 bridgehead atoms. The number of pyridine rings is 1. The molecule has 0 amide bonds. The van der Waals surface area contributed by atoms with Gasteiger partial charge in [-0.25, -0.2) is 9.37 Å². The zero-order valence-electron chi connectivity index (χ0n) is 23.4. The van der Waals surface area contributed by atoms with Crippen LogP contribution in [0.2, 0.25) is 0 Å². The highest BCUT2D eigenvalue weighted by Gasteiger charge is 2.24. The molecule has 0 saturated carbocycles. The van der Waals surface area contributed by atoms with Gasteiger partial charge in [0.2, 0.25) is 11.8 Å². The maximum absolute atomic E-state index is 15.3. The van der Waals surface area contributed by atoms with Crippen molar-refractivity contribution in [1.82, 2.24) is 24.3 Å². The fourth-order valence-corrected chi connectivity index (χ4v) is 5.14. The lowest BCUT2D eigenvalue weighted by atomic mass is 9.99. The zero-order valence-corrected chi connectivity index (χ0v) is 23.4. The summed E-state index contributed by atoms with van der Waals surface area (Å²) >= 11 is 0. The maximum atomic E-state index is 15.3. The Morgan fingerprint density at radius 1 is 0.902 bits per heavy atom. The van der Waals surface area contributed by atoms with Gasteiger partial charge in [0.05, 0.1) is 11.3 Å². The second-order valence-corrected chi connectivity index (χ2v) is 9.82. The molecule has 7 nitrogen and oxygen atoms in total. The first-order chi connectivity index (χ1) is 19.7. The Balaban J connectivity index is 1.67. The standard InChI is InChI=1S/C32H31F2N5O2/c1-5-21-9-8-10-22(6-2)29(21)39-30(27-15-16-38(7-3)37-27)36-31(40)25(32(39)41)17-20-11-12-24(26(33)18-20)23-13-14-28(34)35-19(23)4/h8-16,18,40H,5-7,17H2,1-4H3. The van der Waals surface area contributed by atoms with Crippen LogP contribution in [0.3, 0.4) is 0 Å². The molecule has 2 aromatic carbocycles. The summed E-state index contributed by atoms with van der Waals surface area (Å²) in [7, 11) is 0. The Hall–Kier alpha value is -4.66. The van der Waals surface area contributed by atoms with Crippen molar-refractivity contribution in [1.29, 1.82) is 0 Å². The minimum atomic E-state index is -0.636. The lowest BCUT2D eigenvalue weighted by Crippen LogP contribution is -2.27. The summed E-state index contributed by atoms with van der Waals surface area (Å²) in [5.74, 6) is -1.37. The topological polar surface area (TPSA) is 85.8 Å². The van der Waals surface area contributed by atoms with Crippen LogP contribution >= 0.6 is 0 Å². The van der Waals surface area contributed by atoms with Gasteiger partial charge < -0.3 is 5.11 Å². The number of aryl methyl sites for hydroxylation is 4. The van der Waals surface area contributed by atoms with Crippen molar-refractivity contribution >= 4 is 0 Å². The number of halogens is 2. The first-order valence-electron chi connectivity index (χ1n) is 13.7. The van der Waals surface area contributed by atoms with E-state index in [4.69, 9.17) is 0 Å². The predicted molar refractivity (Wildman–Crippen MR) is 154 cm³/mol. The Kier molecular flexibility index (Phi) is 7.79.